The first-order chi connectivity index (χ1) is 20.7. The number of hydrogen-bond donors (Lipinski definition) is 4. The van der Waals surface area contributed by atoms with E-state index < -0.39 is 69.8 Å². The molecule has 18 heteroatoms. The van der Waals surface area contributed by atoms with Crippen LogP contribution in [0.3, 0.4) is 0 Å². The van der Waals surface area contributed by atoms with Gasteiger partial charge in [0.1, 0.15) is 24.4 Å². The highest BCUT2D eigenvalue weighted by Gasteiger charge is 2.37. The summed E-state index contributed by atoms with van der Waals surface area (Å²) in [6, 6.07) is -1.14. The smallest absolute Gasteiger partial charge is 0.406 e. The number of aliphatic imine (C=N–C) groups is 1. The molecule has 16 nitrogen and oxygen atoms in total. The van der Waals surface area contributed by atoms with Crippen LogP contribution in [0.1, 0.15) is 54.4 Å². The fraction of sp³-hybridized carbons (Fsp3) is 0.731. The molecule has 1 heterocycles. The summed E-state index contributed by atoms with van der Waals surface area (Å²) in [6.45, 7) is 9.48. The maximum absolute atomic E-state index is 15.0. The second-order valence-corrected chi connectivity index (χ2v) is 11.4. The number of nitrogens with one attached hydrogen (secondary N) is 1. The number of ether oxygens (including phenoxy) is 4. The number of carbonyl (C=O) groups excluding carboxylic acids is 2. The standard InChI is InChI=1S/C24H42FN6O10P.C2H6/c1-13(2)10-16(23(34)41-14(3)4)31-42(35,40-12-18(32)37-6)39-11-17(36-5)20(33)15(25)8-9-28-19-21(26)29-24(27)30-22(19)38-7;1-2/h9,13-17,20,33H,8,10-12H2,1-7H3,(H,31,35)(H4,26,27,29,30);1-2H3/t15-,16+,17?,20?,42?;/m1./s1. The number of nitrogen functional groups attached to an aromatic ring is 2. The van der Waals surface area contributed by atoms with Crippen LogP contribution < -0.4 is 21.3 Å². The van der Waals surface area contributed by atoms with E-state index in [9.17, 15) is 23.7 Å². The van der Waals surface area contributed by atoms with Gasteiger partial charge in [-0.1, -0.05) is 27.7 Å². The van der Waals surface area contributed by atoms with E-state index >= 15 is 0 Å². The largest absolute Gasteiger partial charge is 0.479 e. The molecular formula is C26H48FN6O10P. The molecule has 0 bridgehead atoms. The zero-order chi connectivity index (χ0) is 34.0. The lowest BCUT2D eigenvalue weighted by Gasteiger charge is -2.28. The molecule has 0 aliphatic heterocycles. The first kappa shape index (κ1) is 41.0. The molecule has 1 aromatic rings. The van der Waals surface area contributed by atoms with Crippen LogP contribution in [0.4, 0.5) is 21.8 Å². The van der Waals surface area contributed by atoms with E-state index in [0.717, 1.165) is 13.3 Å². The van der Waals surface area contributed by atoms with Gasteiger partial charge in [-0.2, -0.15) is 9.97 Å². The van der Waals surface area contributed by atoms with Crippen molar-refractivity contribution in [3.8, 4) is 5.88 Å². The molecular weight excluding hydrogens is 606 g/mol. The van der Waals surface area contributed by atoms with Gasteiger partial charge >= 0.3 is 19.7 Å². The second-order valence-electron chi connectivity index (χ2n) is 9.59. The molecule has 0 amide bonds. The number of carbonyl (C=O) groups is 2. The van der Waals surface area contributed by atoms with Crippen LogP contribution in [0.5, 0.6) is 5.88 Å². The van der Waals surface area contributed by atoms with Crippen molar-refractivity contribution in [2.75, 3.05) is 46.0 Å². The molecule has 44 heavy (non-hydrogen) atoms. The maximum Gasteiger partial charge on any atom is 0.406 e. The van der Waals surface area contributed by atoms with Gasteiger partial charge in [-0.3, -0.25) is 18.8 Å². The summed E-state index contributed by atoms with van der Waals surface area (Å²) in [5, 5.41) is 13.1. The van der Waals surface area contributed by atoms with E-state index in [4.69, 9.17) is 34.7 Å². The van der Waals surface area contributed by atoms with Crippen LogP contribution in [-0.2, 0) is 37.4 Å². The number of rotatable bonds is 19. The van der Waals surface area contributed by atoms with E-state index in [1.807, 2.05) is 27.7 Å². The van der Waals surface area contributed by atoms with E-state index in [-0.39, 0.29) is 35.7 Å². The third kappa shape index (κ3) is 14.7. The Morgan fingerprint density at radius 3 is 2.27 bits per heavy atom. The topological polar surface area (TPSA) is 229 Å². The van der Waals surface area contributed by atoms with Crippen LogP contribution in [0, 0.1) is 5.92 Å². The van der Waals surface area contributed by atoms with Crippen LogP contribution >= 0.6 is 7.75 Å². The molecule has 0 spiro atoms. The van der Waals surface area contributed by atoms with Gasteiger partial charge in [-0.25, -0.2) is 18.8 Å². The summed E-state index contributed by atoms with van der Waals surface area (Å²) >= 11 is 0. The van der Waals surface area contributed by atoms with Crippen LogP contribution in [0.25, 0.3) is 0 Å². The summed E-state index contributed by atoms with van der Waals surface area (Å²) in [7, 11) is -0.878. The fourth-order valence-corrected chi connectivity index (χ4v) is 4.75. The predicted molar refractivity (Wildman–Crippen MR) is 162 cm³/mol. The van der Waals surface area contributed by atoms with Gasteiger partial charge in [0.05, 0.1) is 26.9 Å². The summed E-state index contributed by atoms with van der Waals surface area (Å²) in [5.41, 5.74) is 11.3. The van der Waals surface area contributed by atoms with Crippen LogP contribution in [0.15, 0.2) is 4.99 Å². The van der Waals surface area contributed by atoms with Crippen molar-refractivity contribution in [3.63, 3.8) is 0 Å². The minimum absolute atomic E-state index is 0.0155. The Labute approximate surface area is 258 Å². The molecule has 0 saturated heterocycles. The van der Waals surface area contributed by atoms with E-state index in [1.165, 1.54) is 14.2 Å². The number of halogens is 1. The van der Waals surface area contributed by atoms with E-state index in [1.54, 1.807) is 13.8 Å². The van der Waals surface area contributed by atoms with Gasteiger partial charge in [0, 0.05) is 19.7 Å². The SMILES string of the molecule is CC.COC(=O)COP(=O)(N[C@@H](CC(C)C)C(=O)OC(C)C)OCC(OC)C(O)[C@H](F)CC=Nc1c(N)nc(N)nc1OC. The lowest BCUT2D eigenvalue weighted by molar-refractivity contribution is -0.150. The minimum Gasteiger partial charge on any atom is -0.479 e. The lowest BCUT2D eigenvalue weighted by Crippen LogP contribution is -2.42. The van der Waals surface area contributed by atoms with Crippen molar-refractivity contribution >= 4 is 43.4 Å². The highest BCUT2D eigenvalue weighted by atomic mass is 31.2. The van der Waals surface area contributed by atoms with Crippen LogP contribution in [-0.4, -0.2) is 98.3 Å². The quantitative estimate of drug-likeness (QED) is 0.0955. The first-order valence-electron chi connectivity index (χ1n) is 13.9. The van der Waals surface area contributed by atoms with Gasteiger partial charge in [0.2, 0.25) is 11.8 Å². The number of esters is 2. The third-order valence-electron chi connectivity index (χ3n) is 5.34. The van der Waals surface area contributed by atoms with Crippen molar-refractivity contribution in [3.05, 3.63) is 0 Å². The molecule has 0 saturated carbocycles. The van der Waals surface area contributed by atoms with E-state index in [0.29, 0.717) is 0 Å². The van der Waals surface area contributed by atoms with Gasteiger partial charge in [-0.15, -0.1) is 0 Å². The first-order valence-corrected chi connectivity index (χ1v) is 15.5. The molecule has 3 unspecified atom stereocenters. The number of nitrogens with two attached hydrogens (primary N) is 2. The Kier molecular flexibility index (Phi) is 19.5. The second kappa shape index (κ2) is 20.9. The molecule has 0 aromatic carbocycles. The summed E-state index contributed by atoms with van der Waals surface area (Å²) in [4.78, 5) is 36.0. The molecule has 0 aliphatic rings. The third-order valence-corrected chi connectivity index (χ3v) is 6.93. The Balaban J connectivity index is 0.00000904. The lowest BCUT2D eigenvalue weighted by atomic mass is 10.0. The van der Waals surface area contributed by atoms with Gasteiger partial charge in [0.25, 0.3) is 0 Å². The fourth-order valence-electron chi connectivity index (χ4n) is 3.31. The Bertz CT molecular complexity index is 1100. The van der Waals surface area contributed by atoms with Gasteiger partial charge in [-0.05, 0) is 26.2 Å². The summed E-state index contributed by atoms with van der Waals surface area (Å²) < 4.78 is 59.1. The number of alkyl halides is 1. The van der Waals surface area contributed by atoms with E-state index in [2.05, 4.69) is 24.8 Å². The van der Waals surface area contributed by atoms with Crippen molar-refractivity contribution in [1.82, 2.24) is 15.1 Å². The molecule has 0 radical (unpaired) electrons. The average Bonchev–Trinajstić information content (AvgIpc) is 2.96. The minimum atomic E-state index is -4.46. The number of anilines is 2. The molecule has 254 valence electrons. The number of nitrogens with zero attached hydrogens (tertiary/aromatic N) is 3. The monoisotopic (exact) mass is 654 g/mol. The number of aromatic nitrogens is 2. The Morgan fingerprint density at radius 1 is 1.11 bits per heavy atom. The number of aliphatic hydroxyl groups is 1. The summed E-state index contributed by atoms with van der Waals surface area (Å²) in [5.74, 6) is -1.91. The molecule has 0 aliphatic carbocycles. The van der Waals surface area contributed by atoms with Gasteiger partial charge < -0.3 is 35.5 Å². The molecule has 6 N–H and O–H groups in total. The van der Waals surface area contributed by atoms with Crippen molar-refractivity contribution in [1.29, 1.82) is 0 Å². The highest BCUT2D eigenvalue weighted by molar-refractivity contribution is 7.51. The molecule has 0 fully saturated rings. The number of hydrogen-bond acceptors (Lipinski definition) is 15. The average molecular weight is 655 g/mol. The van der Waals surface area contributed by atoms with Crippen molar-refractivity contribution < 1.29 is 51.6 Å². The highest BCUT2D eigenvalue weighted by Crippen LogP contribution is 2.45. The van der Waals surface area contributed by atoms with Crippen LogP contribution in [0.2, 0.25) is 0 Å². The van der Waals surface area contributed by atoms with Gasteiger partial charge in [0.15, 0.2) is 18.1 Å². The number of aliphatic hydroxyl groups excluding tert-OH is 1. The predicted octanol–water partition coefficient (Wildman–Crippen LogP) is 2.75. The Hall–Kier alpha value is -2.95. The Morgan fingerprint density at radius 2 is 1.75 bits per heavy atom. The molecule has 1 rings (SSSR count). The van der Waals surface area contributed by atoms with Crippen molar-refractivity contribution in [2.24, 2.45) is 10.9 Å². The van der Waals surface area contributed by atoms with Crippen molar-refractivity contribution in [2.45, 2.75) is 84.9 Å². The normalized spacial score (nSPS) is 15.6. The maximum atomic E-state index is 15.0. The number of methoxy groups -OCH3 is 3. The summed E-state index contributed by atoms with van der Waals surface area (Å²) in [6.07, 6.45) is -4.68. The zero-order valence-electron chi connectivity index (χ0n) is 26.8. The zero-order valence-corrected chi connectivity index (χ0v) is 27.7. The molecule has 5 atom stereocenters. The molecule has 1 aromatic heterocycles.